The Bertz CT molecular complexity index is 238. The third-order valence-corrected chi connectivity index (χ3v) is 3.21. The normalized spacial score (nSPS) is 18.4. The van der Waals surface area contributed by atoms with Gasteiger partial charge in [-0.25, -0.2) is 0 Å². The fourth-order valence-electron chi connectivity index (χ4n) is 1.52. The number of hydrogen-bond acceptors (Lipinski definition) is 3. The molecule has 0 aromatic heterocycles. The molecule has 0 aromatic rings. The summed E-state index contributed by atoms with van der Waals surface area (Å²) < 4.78 is 0. The van der Waals surface area contributed by atoms with Crippen molar-refractivity contribution in [3.8, 4) is 0 Å². The molecule has 1 saturated carbocycles. The summed E-state index contributed by atoms with van der Waals surface area (Å²) in [5.74, 6) is -0.464. The average Bonchev–Trinajstić information content (AvgIpc) is 2.02. The molecular formula is C9H15NO3S. The van der Waals surface area contributed by atoms with Crippen molar-refractivity contribution in [1.82, 2.24) is 5.32 Å². The van der Waals surface area contributed by atoms with Crippen LogP contribution in [0.15, 0.2) is 0 Å². The van der Waals surface area contributed by atoms with Crippen LogP contribution in [-0.2, 0) is 9.59 Å². The molecule has 5 heteroatoms. The number of nitrogens with one attached hydrogen (secondary N) is 1. The average molecular weight is 217 g/mol. The molecular weight excluding hydrogens is 202 g/mol. The Morgan fingerprint density at radius 1 is 1.50 bits per heavy atom. The van der Waals surface area contributed by atoms with Gasteiger partial charge in [0, 0.05) is 6.54 Å². The van der Waals surface area contributed by atoms with Crippen LogP contribution in [0.5, 0.6) is 0 Å². The van der Waals surface area contributed by atoms with Crippen molar-refractivity contribution >= 4 is 23.6 Å². The van der Waals surface area contributed by atoms with Crippen LogP contribution in [0.25, 0.3) is 0 Å². The van der Waals surface area contributed by atoms with Crippen molar-refractivity contribution in [3.05, 3.63) is 0 Å². The van der Waals surface area contributed by atoms with E-state index in [-0.39, 0.29) is 12.5 Å². The van der Waals surface area contributed by atoms with Crippen LogP contribution in [-0.4, -0.2) is 35.5 Å². The van der Waals surface area contributed by atoms with Gasteiger partial charge in [0.2, 0.25) is 5.91 Å². The third kappa shape index (κ3) is 2.41. The first-order valence-electron chi connectivity index (χ1n) is 4.60. The SMILES string of the molecule is CSCC(=O)NCC1(C(=O)O)CCC1. The summed E-state index contributed by atoms with van der Waals surface area (Å²) in [6.07, 6.45) is 4.16. The number of amides is 1. The minimum absolute atomic E-state index is 0.0787. The zero-order valence-corrected chi connectivity index (χ0v) is 9.02. The highest BCUT2D eigenvalue weighted by Crippen LogP contribution is 2.40. The number of carbonyl (C=O) groups is 2. The van der Waals surface area contributed by atoms with E-state index in [1.165, 1.54) is 11.8 Å². The smallest absolute Gasteiger partial charge is 0.311 e. The molecule has 0 saturated heterocycles. The van der Waals surface area contributed by atoms with Gasteiger partial charge in [0.25, 0.3) is 0 Å². The summed E-state index contributed by atoms with van der Waals surface area (Å²) >= 11 is 1.43. The largest absolute Gasteiger partial charge is 0.481 e. The molecule has 1 amide bonds. The summed E-state index contributed by atoms with van der Waals surface area (Å²) in [6.45, 7) is 0.279. The maximum absolute atomic E-state index is 11.1. The summed E-state index contributed by atoms with van der Waals surface area (Å²) in [5, 5.41) is 11.6. The zero-order chi connectivity index (χ0) is 10.6. The number of carbonyl (C=O) groups excluding carboxylic acids is 1. The number of thioether (sulfide) groups is 1. The Morgan fingerprint density at radius 2 is 2.14 bits per heavy atom. The number of aliphatic carboxylic acids is 1. The molecule has 80 valence electrons. The summed E-state index contributed by atoms with van der Waals surface area (Å²) in [4.78, 5) is 22.0. The second-order valence-corrected chi connectivity index (χ2v) is 4.51. The van der Waals surface area contributed by atoms with Crippen LogP contribution < -0.4 is 5.32 Å². The highest BCUT2D eigenvalue weighted by atomic mass is 32.2. The monoisotopic (exact) mass is 217 g/mol. The number of rotatable bonds is 5. The fraction of sp³-hybridized carbons (Fsp3) is 0.778. The molecule has 0 spiro atoms. The molecule has 0 atom stereocenters. The van der Waals surface area contributed by atoms with Gasteiger partial charge in [0.15, 0.2) is 0 Å². The molecule has 1 aliphatic rings. The van der Waals surface area contributed by atoms with E-state index in [1.54, 1.807) is 0 Å². The predicted octanol–water partition coefficient (Wildman–Crippen LogP) is 0.720. The van der Waals surface area contributed by atoms with E-state index in [0.717, 1.165) is 6.42 Å². The number of carboxylic acids is 1. The van der Waals surface area contributed by atoms with Crippen molar-refractivity contribution in [2.45, 2.75) is 19.3 Å². The molecule has 0 heterocycles. The summed E-state index contributed by atoms with van der Waals surface area (Å²) in [6, 6.07) is 0. The van der Waals surface area contributed by atoms with Crippen LogP contribution in [0, 0.1) is 5.41 Å². The van der Waals surface area contributed by atoms with Crippen LogP contribution in [0.2, 0.25) is 0 Å². The topological polar surface area (TPSA) is 66.4 Å². The third-order valence-electron chi connectivity index (χ3n) is 2.66. The van der Waals surface area contributed by atoms with E-state index < -0.39 is 11.4 Å². The number of carboxylic acid groups (broad SMARTS) is 1. The van der Waals surface area contributed by atoms with Crippen molar-refractivity contribution < 1.29 is 14.7 Å². The van der Waals surface area contributed by atoms with Crippen molar-refractivity contribution in [1.29, 1.82) is 0 Å². The first-order valence-corrected chi connectivity index (χ1v) is 5.99. The quantitative estimate of drug-likeness (QED) is 0.712. The molecule has 4 nitrogen and oxygen atoms in total. The van der Waals surface area contributed by atoms with Gasteiger partial charge in [0.1, 0.15) is 0 Å². The van der Waals surface area contributed by atoms with Gasteiger partial charge in [-0.2, -0.15) is 11.8 Å². The Hall–Kier alpha value is -0.710. The Kier molecular flexibility index (Phi) is 3.80. The molecule has 1 aliphatic carbocycles. The Morgan fingerprint density at radius 3 is 2.50 bits per heavy atom. The maximum Gasteiger partial charge on any atom is 0.311 e. The second kappa shape index (κ2) is 4.68. The second-order valence-electron chi connectivity index (χ2n) is 3.65. The summed E-state index contributed by atoms with van der Waals surface area (Å²) in [5.41, 5.74) is -0.673. The predicted molar refractivity (Wildman–Crippen MR) is 55.3 cm³/mol. The molecule has 0 aromatic carbocycles. The standard InChI is InChI=1S/C9H15NO3S/c1-14-5-7(11)10-6-9(8(12)13)3-2-4-9/h2-6H2,1H3,(H,10,11)(H,12,13). The molecule has 0 unspecified atom stereocenters. The number of hydrogen-bond donors (Lipinski definition) is 2. The van der Waals surface area contributed by atoms with Crippen molar-refractivity contribution in [2.75, 3.05) is 18.6 Å². The van der Waals surface area contributed by atoms with Crippen LogP contribution >= 0.6 is 11.8 Å². The van der Waals surface area contributed by atoms with E-state index in [0.29, 0.717) is 18.6 Å². The van der Waals surface area contributed by atoms with E-state index >= 15 is 0 Å². The summed E-state index contributed by atoms with van der Waals surface area (Å²) in [7, 11) is 0. The van der Waals surface area contributed by atoms with E-state index in [2.05, 4.69) is 5.32 Å². The molecule has 1 fully saturated rings. The molecule has 0 aliphatic heterocycles. The highest BCUT2D eigenvalue weighted by molar-refractivity contribution is 7.99. The molecule has 14 heavy (non-hydrogen) atoms. The first kappa shape index (κ1) is 11.4. The van der Waals surface area contributed by atoms with E-state index in [9.17, 15) is 9.59 Å². The van der Waals surface area contributed by atoms with Gasteiger partial charge in [-0.1, -0.05) is 6.42 Å². The van der Waals surface area contributed by atoms with E-state index in [4.69, 9.17) is 5.11 Å². The lowest BCUT2D eigenvalue weighted by Crippen LogP contribution is -2.47. The van der Waals surface area contributed by atoms with Gasteiger partial charge in [-0.05, 0) is 19.1 Å². The molecule has 2 N–H and O–H groups in total. The molecule has 0 radical (unpaired) electrons. The Labute approximate surface area is 87.4 Å². The lowest BCUT2D eigenvalue weighted by atomic mass is 9.69. The lowest BCUT2D eigenvalue weighted by molar-refractivity contribution is -0.154. The van der Waals surface area contributed by atoms with Gasteiger partial charge in [0.05, 0.1) is 11.2 Å². The van der Waals surface area contributed by atoms with Crippen LogP contribution in [0.4, 0.5) is 0 Å². The van der Waals surface area contributed by atoms with Gasteiger partial charge in [-0.15, -0.1) is 0 Å². The Balaban J connectivity index is 2.35. The zero-order valence-electron chi connectivity index (χ0n) is 8.21. The van der Waals surface area contributed by atoms with E-state index in [1.807, 2.05) is 6.26 Å². The lowest BCUT2D eigenvalue weighted by Gasteiger charge is -2.37. The minimum Gasteiger partial charge on any atom is -0.481 e. The van der Waals surface area contributed by atoms with Crippen molar-refractivity contribution in [2.24, 2.45) is 5.41 Å². The van der Waals surface area contributed by atoms with Crippen LogP contribution in [0.1, 0.15) is 19.3 Å². The molecule has 1 rings (SSSR count). The highest BCUT2D eigenvalue weighted by Gasteiger charge is 2.44. The molecule has 0 bridgehead atoms. The van der Waals surface area contributed by atoms with Gasteiger partial charge in [-0.3, -0.25) is 9.59 Å². The maximum atomic E-state index is 11.1. The van der Waals surface area contributed by atoms with Crippen LogP contribution in [0.3, 0.4) is 0 Å². The van der Waals surface area contributed by atoms with Gasteiger partial charge < -0.3 is 10.4 Å². The first-order chi connectivity index (χ1) is 6.60. The van der Waals surface area contributed by atoms with Crippen molar-refractivity contribution in [3.63, 3.8) is 0 Å². The fourth-order valence-corrected chi connectivity index (χ4v) is 1.88. The van der Waals surface area contributed by atoms with Gasteiger partial charge >= 0.3 is 5.97 Å². The minimum atomic E-state index is -0.784.